The molecule has 0 bridgehead atoms. The van der Waals surface area contributed by atoms with Gasteiger partial charge in [-0.2, -0.15) is 0 Å². The van der Waals surface area contributed by atoms with Crippen LogP contribution in [0, 0.1) is 0 Å². The number of unbranched alkanes of at least 4 members (excludes halogenated alkanes) is 1. The summed E-state index contributed by atoms with van der Waals surface area (Å²) < 4.78 is 5.25. The van der Waals surface area contributed by atoms with Gasteiger partial charge in [-0.1, -0.05) is 55.8 Å². The minimum atomic E-state index is -0.726. The van der Waals surface area contributed by atoms with Gasteiger partial charge < -0.3 is 15.0 Å². The second-order valence-corrected chi connectivity index (χ2v) is 9.22. The zero-order valence-corrected chi connectivity index (χ0v) is 19.8. The molecule has 2 heterocycles. The van der Waals surface area contributed by atoms with E-state index in [1.165, 1.54) is 5.56 Å². The van der Waals surface area contributed by atoms with Crippen LogP contribution in [0.2, 0.25) is 0 Å². The molecule has 2 amide bonds. The number of nitrogens with one attached hydrogen (secondary N) is 1. The summed E-state index contributed by atoms with van der Waals surface area (Å²) in [4.78, 5) is 31.4. The highest BCUT2D eigenvalue weighted by molar-refractivity contribution is 6.00. The van der Waals surface area contributed by atoms with Crippen molar-refractivity contribution in [1.29, 1.82) is 0 Å². The molecular weight excluding hydrogens is 414 g/mol. The standard InChI is InChI=1S/C27H35N3O3/c1-3-4-16-30-25(31)24(19-21-8-6-5-7-9-21)28-26(32)27(30)14-17-29(18-15-27)20-22-10-12-23(33-2)13-11-22/h5-13,24H,3-4,14-20H2,1-2H3,(H,28,32). The lowest BCUT2D eigenvalue weighted by molar-refractivity contribution is -0.161. The predicted octanol–water partition coefficient (Wildman–Crippen LogP) is 3.40. The maximum atomic E-state index is 13.6. The van der Waals surface area contributed by atoms with Crippen LogP contribution in [0.1, 0.15) is 43.7 Å². The smallest absolute Gasteiger partial charge is 0.246 e. The van der Waals surface area contributed by atoms with E-state index in [2.05, 4.69) is 29.3 Å². The normalized spacial score (nSPS) is 20.7. The molecule has 2 aliphatic rings. The van der Waals surface area contributed by atoms with Gasteiger partial charge in [-0.25, -0.2) is 0 Å². The molecule has 6 nitrogen and oxygen atoms in total. The molecule has 2 aliphatic heterocycles. The predicted molar refractivity (Wildman–Crippen MR) is 129 cm³/mol. The molecule has 1 atom stereocenters. The van der Waals surface area contributed by atoms with E-state index in [-0.39, 0.29) is 11.8 Å². The number of nitrogens with zero attached hydrogens (tertiary/aromatic N) is 2. The summed E-state index contributed by atoms with van der Waals surface area (Å²) in [5.74, 6) is 0.934. The third kappa shape index (κ3) is 5.06. The van der Waals surface area contributed by atoms with Crippen molar-refractivity contribution in [3.8, 4) is 5.75 Å². The highest BCUT2D eigenvalue weighted by atomic mass is 16.5. The molecule has 33 heavy (non-hydrogen) atoms. The summed E-state index contributed by atoms with van der Waals surface area (Å²) >= 11 is 0. The lowest BCUT2D eigenvalue weighted by atomic mass is 9.81. The maximum Gasteiger partial charge on any atom is 0.246 e. The van der Waals surface area contributed by atoms with Crippen LogP contribution in [0.15, 0.2) is 54.6 Å². The summed E-state index contributed by atoms with van der Waals surface area (Å²) in [5, 5.41) is 3.10. The summed E-state index contributed by atoms with van der Waals surface area (Å²) in [7, 11) is 1.67. The zero-order chi connectivity index (χ0) is 23.3. The number of carbonyl (C=O) groups excluding carboxylic acids is 2. The Hall–Kier alpha value is -2.86. The van der Waals surface area contributed by atoms with Gasteiger partial charge in [0.2, 0.25) is 11.8 Å². The van der Waals surface area contributed by atoms with Gasteiger partial charge in [0.05, 0.1) is 7.11 Å². The van der Waals surface area contributed by atoms with Crippen LogP contribution in [0.4, 0.5) is 0 Å². The van der Waals surface area contributed by atoms with E-state index in [1.54, 1.807) is 7.11 Å². The molecule has 1 unspecified atom stereocenters. The Kier molecular flexibility index (Phi) is 7.33. The number of benzene rings is 2. The molecule has 176 valence electrons. The summed E-state index contributed by atoms with van der Waals surface area (Å²) in [6.45, 7) is 5.19. The SMILES string of the molecule is CCCCN1C(=O)C(Cc2ccccc2)NC(=O)C12CCN(Cc1ccc(OC)cc1)CC2. The van der Waals surface area contributed by atoms with Crippen LogP contribution in [-0.2, 0) is 22.6 Å². The average molecular weight is 450 g/mol. The number of methoxy groups -OCH3 is 1. The van der Waals surface area contributed by atoms with Crippen LogP contribution in [0.5, 0.6) is 5.75 Å². The van der Waals surface area contributed by atoms with Crippen LogP contribution in [0.3, 0.4) is 0 Å². The summed E-state index contributed by atoms with van der Waals surface area (Å²) in [6.07, 6.45) is 3.78. The fourth-order valence-corrected chi connectivity index (χ4v) is 5.07. The molecule has 2 fully saturated rings. The highest BCUT2D eigenvalue weighted by Gasteiger charge is 2.53. The van der Waals surface area contributed by atoms with Crippen LogP contribution < -0.4 is 10.1 Å². The molecule has 0 saturated carbocycles. The molecule has 0 radical (unpaired) electrons. The van der Waals surface area contributed by atoms with Gasteiger partial charge >= 0.3 is 0 Å². The number of piperazine rings is 1. The van der Waals surface area contributed by atoms with E-state index in [0.29, 0.717) is 25.8 Å². The third-order valence-electron chi connectivity index (χ3n) is 7.08. The van der Waals surface area contributed by atoms with Crippen molar-refractivity contribution in [1.82, 2.24) is 15.1 Å². The van der Waals surface area contributed by atoms with Gasteiger partial charge in [0.15, 0.2) is 0 Å². The summed E-state index contributed by atoms with van der Waals surface area (Å²) in [5.41, 5.74) is 1.56. The monoisotopic (exact) mass is 449 g/mol. The maximum absolute atomic E-state index is 13.6. The second kappa shape index (κ2) is 10.4. The number of hydrogen-bond donors (Lipinski definition) is 1. The molecule has 2 aromatic carbocycles. The Morgan fingerprint density at radius 3 is 2.33 bits per heavy atom. The van der Waals surface area contributed by atoms with Crippen molar-refractivity contribution in [3.05, 3.63) is 65.7 Å². The lowest BCUT2D eigenvalue weighted by Gasteiger charge is -2.51. The second-order valence-electron chi connectivity index (χ2n) is 9.22. The van der Waals surface area contributed by atoms with Gasteiger partial charge in [-0.3, -0.25) is 14.5 Å². The van der Waals surface area contributed by atoms with E-state index in [1.807, 2.05) is 47.4 Å². The largest absolute Gasteiger partial charge is 0.497 e. The first-order chi connectivity index (χ1) is 16.1. The Morgan fingerprint density at radius 2 is 1.70 bits per heavy atom. The van der Waals surface area contributed by atoms with E-state index >= 15 is 0 Å². The topological polar surface area (TPSA) is 61.9 Å². The first kappa shape index (κ1) is 23.3. The van der Waals surface area contributed by atoms with Crippen LogP contribution >= 0.6 is 0 Å². The lowest BCUT2D eigenvalue weighted by Crippen LogP contribution is -2.73. The fourth-order valence-electron chi connectivity index (χ4n) is 5.07. The molecule has 1 N–H and O–H groups in total. The average Bonchev–Trinajstić information content (AvgIpc) is 2.85. The minimum absolute atomic E-state index is 0.0169. The molecule has 2 saturated heterocycles. The fraction of sp³-hybridized carbons (Fsp3) is 0.481. The van der Waals surface area contributed by atoms with Crippen molar-refractivity contribution in [2.45, 2.75) is 57.2 Å². The van der Waals surface area contributed by atoms with E-state index < -0.39 is 11.6 Å². The molecular formula is C27H35N3O3. The Morgan fingerprint density at radius 1 is 1.00 bits per heavy atom. The van der Waals surface area contributed by atoms with Gasteiger partial charge in [-0.15, -0.1) is 0 Å². The highest BCUT2D eigenvalue weighted by Crippen LogP contribution is 2.34. The number of hydrogen-bond acceptors (Lipinski definition) is 4. The van der Waals surface area contributed by atoms with E-state index in [4.69, 9.17) is 4.74 Å². The minimum Gasteiger partial charge on any atom is -0.497 e. The van der Waals surface area contributed by atoms with E-state index in [9.17, 15) is 9.59 Å². The Bertz CT molecular complexity index is 937. The summed E-state index contributed by atoms with van der Waals surface area (Å²) in [6, 6.07) is 17.6. The number of carbonyl (C=O) groups is 2. The van der Waals surface area contributed by atoms with Gasteiger partial charge in [0, 0.05) is 32.6 Å². The number of piperidine rings is 1. The molecule has 1 spiro atoms. The van der Waals surface area contributed by atoms with Crippen molar-refractivity contribution in [2.75, 3.05) is 26.7 Å². The van der Waals surface area contributed by atoms with Crippen LogP contribution in [0.25, 0.3) is 0 Å². The first-order valence-corrected chi connectivity index (χ1v) is 12.1. The first-order valence-electron chi connectivity index (χ1n) is 12.1. The Labute approximate surface area is 196 Å². The Balaban J connectivity index is 1.46. The number of rotatable bonds is 8. The van der Waals surface area contributed by atoms with Gasteiger partial charge in [-0.05, 0) is 42.5 Å². The van der Waals surface area contributed by atoms with Crippen molar-refractivity contribution < 1.29 is 14.3 Å². The third-order valence-corrected chi connectivity index (χ3v) is 7.08. The number of likely N-dealkylation sites (tertiary alicyclic amines) is 1. The van der Waals surface area contributed by atoms with Gasteiger partial charge in [0.1, 0.15) is 17.3 Å². The zero-order valence-electron chi connectivity index (χ0n) is 19.8. The van der Waals surface area contributed by atoms with Gasteiger partial charge in [0.25, 0.3) is 0 Å². The van der Waals surface area contributed by atoms with Crippen molar-refractivity contribution >= 4 is 11.8 Å². The molecule has 2 aromatic rings. The quantitative estimate of drug-likeness (QED) is 0.671. The molecule has 0 aromatic heterocycles. The van der Waals surface area contributed by atoms with Crippen molar-refractivity contribution in [2.24, 2.45) is 0 Å². The number of amides is 2. The van der Waals surface area contributed by atoms with Crippen LogP contribution in [-0.4, -0.2) is 59.9 Å². The molecule has 6 heteroatoms. The van der Waals surface area contributed by atoms with Crippen molar-refractivity contribution in [3.63, 3.8) is 0 Å². The molecule has 4 rings (SSSR count). The number of ether oxygens (including phenoxy) is 1. The van der Waals surface area contributed by atoms with E-state index in [0.717, 1.165) is 43.8 Å². The molecule has 0 aliphatic carbocycles.